The van der Waals surface area contributed by atoms with Crippen LogP contribution < -0.4 is 0 Å². The van der Waals surface area contributed by atoms with Gasteiger partial charge in [-0.25, -0.2) is 4.18 Å². The fourth-order valence-electron chi connectivity index (χ4n) is 8.25. The van der Waals surface area contributed by atoms with Gasteiger partial charge in [0.25, 0.3) is 0 Å². The van der Waals surface area contributed by atoms with E-state index in [0.717, 1.165) is 57.8 Å². The molecule has 0 aromatic heterocycles. The molecule has 1 heterocycles. The predicted octanol–water partition coefficient (Wildman–Crippen LogP) is 12.4. The van der Waals surface area contributed by atoms with Gasteiger partial charge in [0.05, 0.1) is 19.8 Å². The quantitative estimate of drug-likeness (QED) is 0.0197. The van der Waals surface area contributed by atoms with Crippen molar-refractivity contribution in [3.05, 3.63) is 24.3 Å². The monoisotopic (exact) mass is 947 g/mol. The zero-order valence-electron chi connectivity index (χ0n) is 41.3. The first-order valence-corrected chi connectivity index (χ1v) is 28.0. The molecular formula is C52H98O12S. The van der Waals surface area contributed by atoms with Gasteiger partial charge in [-0.05, 0) is 64.2 Å². The third-order valence-electron chi connectivity index (χ3n) is 12.3. The van der Waals surface area contributed by atoms with Crippen molar-refractivity contribution >= 4 is 16.4 Å². The highest BCUT2D eigenvalue weighted by Crippen LogP contribution is 2.26. The first-order valence-electron chi connectivity index (χ1n) is 26.6. The van der Waals surface area contributed by atoms with Gasteiger partial charge in [0.1, 0.15) is 30.5 Å². The lowest BCUT2D eigenvalue weighted by atomic mass is 9.99. The fourth-order valence-corrected chi connectivity index (χ4v) is 8.76. The Morgan fingerprint density at radius 2 is 0.969 bits per heavy atom. The molecule has 0 aliphatic carbocycles. The Kier molecular flexibility index (Phi) is 41.5. The van der Waals surface area contributed by atoms with Gasteiger partial charge in [-0.15, -0.1) is 0 Å². The van der Waals surface area contributed by atoms with Crippen molar-refractivity contribution in [1.29, 1.82) is 0 Å². The van der Waals surface area contributed by atoms with E-state index in [0.29, 0.717) is 13.0 Å². The molecule has 1 fully saturated rings. The van der Waals surface area contributed by atoms with Gasteiger partial charge < -0.3 is 34.3 Å². The number of ether oxygens (including phenoxy) is 4. The highest BCUT2D eigenvalue weighted by atomic mass is 32.3. The number of esters is 1. The van der Waals surface area contributed by atoms with Crippen molar-refractivity contribution in [3.63, 3.8) is 0 Å². The Morgan fingerprint density at radius 3 is 1.38 bits per heavy atom. The number of carbonyl (C=O) groups excluding carboxylic acids is 1. The lowest BCUT2D eigenvalue weighted by Crippen LogP contribution is -2.60. The molecule has 1 rings (SSSR count). The van der Waals surface area contributed by atoms with Crippen molar-refractivity contribution in [2.24, 2.45) is 0 Å². The Bertz CT molecular complexity index is 1230. The Morgan fingerprint density at radius 1 is 0.569 bits per heavy atom. The summed E-state index contributed by atoms with van der Waals surface area (Å²) in [6.07, 6.45) is 42.2. The van der Waals surface area contributed by atoms with Crippen LogP contribution in [0.1, 0.15) is 239 Å². The average Bonchev–Trinajstić information content (AvgIpc) is 3.28. The van der Waals surface area contributed by atoms with Crippen LogP contribution in [0.2, 0.25) is 0 Å². The number of unbranched alkanes of at least 4 members (excludes halogenated alkanes) is 30. The molecule has 6 unspecified atom stereocenters. The molecule has 4 N–H and O–H groups in total. The minimum Gasteiger partial charge on any atom is -0.457 e. The third kappa shape index (κ3) is 37.2. The molecule has 0 aromatic carbocycles. The van der Waals surface area contributed by atoms with E-state index in [1.165, 1.54) is 154 Å². The van der Waals surface area contributed by atoms with Crippen molar-refractivity contribution in [1.82, 2.24) is 0 Å². The number of rotatable bonds is 47. The first-order chi connectivity index (χ1) is 31.6. The van der Waals surface area contributed by atoms with Crippen LogP contribution in [-0.4, -0.2) is 97.5 Å². The second-order valence-corrected chi connectivity index (χ2v) is 19.5. The van der Waals surface area contributed by atoms with Gasteiger partial charge in [0.2, 0.25) is 0 Å². The molecule has 1 saturated heterocycles. The molecule has 384 valence electrons. The lowest BCUT2D eigenvalue weighted by molar-refractivity contribution is -0.301. The molecule has 65 heavy (non-hydrogen) atoms. The highest BCUT2D eigenvalue weighted by Gasteiger charge is 2.48. The van der Waals surface area contributed by atoms with Gasteiger partial charge in [0, 0.05) is 13.0 Å². The summed E-state index contributed by atoms with van der Waals surface area (Å²) in [4.78, 5) is 12.9. The van der Waals surface area contributed by atoms with E-state index in [4.69, 9.17) is 18.9 Å². The summed E-state index contributed by atoms with van der Waals surface area (Å²) < 4.78 is 59.2. The SMILES string of the molecule is CCCCCCC/C=C\CCCCCCCC(=O)OC(COCCCCCCCCCCCCCC/C=C\CCCCCCCCCC)COC1OC(CO)C(O)C(OS(=O)(=O)O)C1O. The van der Waals surface area contributed by atoms with Crippen molar-refractivity contribution in [3.8, 4) is 0 Å². The fraction of sp³-hybridized carbons (Fsp3) is 0.904. The van der Waals surface area contributed by atoms with Gasteiger partial charge in [-0.3, -0.25) is 9.35 Å². The van der Waals surface area contributed by atoms with Crippen LogP contribution in [0, 0.1) is 0 Å². The molecule has 13 heteroatoms. The summed E-state index contributed by atoms with van der Waals surface area (Å²) in [5.41, 5.74) is 0. The van der Waals surface area contributed by atoms with Crippen molar-refractivity contribution in [2.75, 3.05) is 26.4 Å². The normalized spacial score (nSPS) is 19.8. The lowest BCUT2D eigenvalue weighted by Gasteiger charge is -2.41. The minimum atomic E-state index is -5.06. The van der Waals surface area contributed by atoms with E-state index in [1.54, 1.807) is 0 Å². The smallest absolute Gasteiger partial charge is 0.397 e. The maximum absolute atomic E-state index is 12.9. The summed E-state index contributed by atoms with van der Waals surface area (Å²) in [6, 6.07) is 0. The van der Waals surface area contributed by atoms with Crippen LogP contribution in [0.15, 0.2) is 24.3 Å². The molecule has 0 spiro atoms. The predicted molar refractivity (Wildman–Crippen MR) is 262 cm³/mol. The molecular weight excluding hydrogens is 849 g/mol. The topological polar surface area (TPSA) is 178 Å². The van der Waals surface area contributed by atoms with Gasteiger partial charge in [-0.2, -0.15) is 8.42 Å². The third-order valence-corrected chi connectivity index (χ3v) is 12.8. The van der Waals surface area contributed by atoms with Crippen LogP contribution in [-0.2, 0) is 38.3 Å². The number of aliphatic hydroxyl groups is 3. The van der Waals surface area contributed by atoms with E-state index in [-0.39, 0.29) is 19.6 Å². The molecule has 0 saturated carbocycles. The van der Waals surface area contributed by atoms with Crippen LogP contribution in [0.5, 0.6) is 0 Å². The number of aliphatic hydroxyl groups excluding tert-OH is 3. The van der Waals surface area contributed by atoms with E-state index in [9.17, 15) is 33.1 Å². The molecule has 12 nitrogen and oxygen atoms in total. The summed E-state index contributed by atoms with van der Waals surface area (Å²) >= 11 is 0. The van der Waals surface area contributed by atoms with Crippen LogP contribution in [0.3, 0.4) is 0 Å². The molecule has 1 aliphatic heterocycles. The van der Waals surface area contributed by atoms with Crippen LogP contribution in [0.4, 0.5) is 0 Å². The summed E-state index contributed by atoms with van der Waals surface area (Å²) in [6.45, 7) is 4.00. The number of hydrogen-bond acceptors (Lipinski definition) is 11. The Balaban J connectivity index is 2.30. The standard InChI is InChI=1S/C52H98O12S/c1-3-5-7-9-11-13-15-17-19-20-21-22-23-24-25-26-27-28-30-32-34-36-38-40-42-60-44-46(45-61-52-50(56)51(64-65(57,58)59)49(55)47(43-53)63-52)62-48(54)41-39-37-35-33-31-29-18-16-14-12-10-8-6-4-2/h16,18,20-21,46-47,49-53,55-56H,3-15,17,19,22-45H2,1-2H3,(H,57,58,59)/b18-16-,21-20-. The first kappa shape index (κ1) is 61.6. The number of hydrogen-bond donors (Lipinski definition) is 4. The van der Waals surface area contributed by atoms with Crippen LogP contribution >= 0.6 is 0 Å². The van der Waals surface area contributed by atoms with Gasteiger partial charge in [0.15, 0.2) is 6.29 Å². The second kappa shape index (κ2) is 43.8. The molecule has 0 aromatic rings. The molecule has 0 bridgehead atoms. The summed E-state index contributed by atoms with van der Waals surface area (Å²) in [7, 11) is -5.06. The van der Waals surface area contributed by atoms with Gasteiger partial charge >= 0.3 is 16.4 Å². The van der Waals surface area contributed by atoms with Crippen molar-refractivity contribution in [2.45, 2.75) is 275 Å². The Hall–Kier alpha value is -1.42. The van der Waals surface area contributed by atoms with Crippen LogP contribution in [0.25, 0.3) is 0 Å². The zero-order chi connectivity index (χ0) is 47.5. The van der Waals surface area contributed by atoms with E-state index < -0.39 is 59.8 Å². The number of carbonyl (C=O) groups is 1. The molecule has 1 aliphatic rings. The second-order valence-electron chi connectivity index (χ2n) is 18.5. The minimum absolute atomic E-state index is 0.0356. The number of allylic oxidation sites excluding steroid dienone is 4. The zero-order valence-corrected chi connectivity index (χ0v) is 42.1. The summed E-state index contributed by atoms with van der Waals surface area (Å²) in [5, 5.41) is 30.7. The van der Waals surface area contributed by atoms with Gasteiger partial charge in [-0.1, -0.05) is 192 Å². The maximum atomic E-state index is 12.9. The maximum Gasteiger partial charge on any atom is 0.397 e. The largest absolute Gasteiger partial charge is 0.457 e. The van der Waals surface area contributed by atoms with Crippen molar-refractivity contribution < 1.29 is 56.2 Å². The molecule has 0 radical (unpaired) electrons. The van der Waals surface area contributed by atoms with E-state index >= 15 is 0 Å². The molecule has 0 amide bonds. The summed E-state index contributed by atoms with van der Waals surface area (Å²) in [5.74, 6) is -0.405. The Labute approximate surface area is 397 Å². The van der Waals surface area contributed by atoms with E-state index in [2.05, 4.69) is 42.3 Å². The average molecular weight is 947 g/mol. The molecule has 6 atom stereocenters. The highest BCUT2D eigenvalue weighted by molar-refractivity contribution is 7.80. The van der Waals surface area contributed by atoms with E-state index in [1.807, 2.05) is 0 Å².